The molecule has 2 N–H and O–H groups in total. The van der Waals surface area contributed by atoms with Gasteiger partial charge in [-0.05, 0) is 42.0 Å². The van der Waals surface area contributed by atoms with Gasteiger partial charge in [0.05, 0.1) is 11.3 Å². The number of anilines is 2. The zero-order valence-electron chi connectivity index (χ0n) is 16.3. The number of hydrogen-bond donors (Lipinski definition) is 3. The molecule has 32 heavy (non-hydrogen) atoms. The van der Waals surface area contributed by atoms with Crippen LogP contribution in [0.2, 0.25) is 5.02 Å². The Labute approximate surface area is 192 Å². The maximum absolute atomic E-state index is 13.3. The van der Waals surface area contributed by atoms with Gasteiger partial charge in [0, 0.05) is 10.7 Å². The molecule has 5 nitrogen and oxygen atoms in total. The van der Waals surface area contributed by atoms with Crippen molar-refractivity contribution in [3.05, 3.63) is 95.0 Å². The largest absolute Gasteiger partial charge is 0.418 e. The summed E-state index contributed by atoms with van der Waals surface area (Å²) in [5, 5.41) is 5.31. The van der Waals surface area contributed by atoms with Crippen molar-refractivity contribution in [2.45, 2.75) is 12.2 Å². The minimum Gasteiger partial charge on any atom is -0.324 e. The van der Waals surface area contributed by atoms with Crippen molar-refractivity contribution < 1.29 is 22.8 Å². The topological polar surface area (TPSA) is 61.4 Å². The van der Waals surface area contributed by atoms with E-state index >= 15 is 0 Å². The maximum Gasteiger partial charge on any atom is 0.418 e. The number of alkyl halides is 3. The Hall–Kier alpha value is -3.17. The highest BCUT2D eigenvalue weighted by molar-refractivity contribution is 7.78. The number of para-hydroxylation sites is 1. The Morgan fingerprint density at radius 2 is 1.47 bits per heavy atom. The molecule has 0 radical (unpaired) electrons. The molecule has 10 heteroatoms. The van der Waals surface area contributed by atoms with Gasteiger partial charge in [-0.3, -0.25) is 9.10 Å². The van der Waals surface area contributed by atoms with E-state index in [9.17, 15) is 22.8 Å². The minimum atomic E-state index is -4.67. The van der Waals surface area contributed by atoms with Crippen LogP contribution in [0.25, 0.3) is 0 Å². The molecule has 0 aliphatic rings. The first kappa shape index (κ1) is 23.5. The third kappa shape index (κ3) is 5.74. The molecular weight excluding hydrogens is 463 g/mol. The molecule has 3 aromatic carbocycles. The molecule has 1 atom stereocenters. The number of rotatable bonds is 5. The molecule has 0 spiro atoms. The summed E-state index contributed by atoms with van der Waals surface area (Å²) in [6.45, 7) is 0. The van der Waals surface area contributed by atoms with Crippen LogP contribution in [0.5, 0.6) is 0 Å². The van der Waals surface area contributed by atoms with Crippen molar-refractivity contribution in [2.24, 2.45) is 0 Å². The predicted octanol–water partition coefficient (Wildman–Crippen LogP) is 6.42. The first-order valence-electron chi connectivity index (χ1n) is 9.23. The van der Waals surface area contributed by atoms with E-state index in [4.69, 9.17) is 11.6 Å². The lowest BCUT2D eigenvalue weighted by molar-refractivity contribution is -0.137. The first-order chi connectivity index (χ1) is 15.2. The van der Waals surface area contributed by atoms with Crippen molar-refractivity contribution in [3.63, 3.8) is 0 Å². The molecule has 166 valence electrons. The number of carbonyl (C=O) groups excluding carboxylic acids is 2. The van der Waals surface area contributed by atoms with Crippen LogP contribution in [0.1, 0.15) is 17.2 Å². The van der Waals surface area contributed by atoms with E-state index in [-0.39, 0.29) is 0 Å². The second kappa shape index (κ2) is 9.97. The van der Waals surface area contributed by atoms with Gasteiger partial charge in [-0.2, -0.15) is 13.2 Å². The number of thiol groups is 1. The first-order valence-corrected chi connectivity index (χ1v) is 10.0. The van der Waals surface area contributed by atoms with Crippen molar-refractivity contribution >= 4 is 47.7 Å². The summed E-state index contributed by atoms with van der Waals surface area (Å²) in [5.74, 6) is -0.618. The second-order valence-electron chi connectivity index (χ2n) is 6.63. The number of carbonyl (C=O) groups is 2. The number of hydrogen-bond acceptors (Lipinski definition) is 3. The Bertz CT molecular complexity index is 1100. The molecule has 0 fully saturated rings. The molecule has 0 aliphatic heterocycles. The Kier molecular flexibility index (Phi) is 7.32. The molecule has 3 amide bonds. The average Bonchev–Trinajstić information content (AvgIpc) is 2.76. The molecular formula is C22H17ClF3N3O2S. The van der Waals surface area contributed by atoms with E-state index in [1.54, 1.807) is 54.6 Å². The third-order valence-corrected chi connectivity index (χ3v) is 5.07. The van der Waals surface area contributed by atoms with Crippen LogP contribution in [0, 0.1) is 0 Å². The lowest BCUT2D eigenvalue weighted by atomic mass is 10.1. The van der Waals surface area contributed by atoms with E-state index < -0.39 is 35.4 Å². The normalized spacial score (nSPS) is 12.0. The standard InChI is InChI=1S/C22H17ClF3N3O2S/c23-15-10-12-16(13-11-15)27-20(30)19(14-6-2-1-3-7-14)29(32)21(31)28-18-9-5-4-8-17(18)22(24,25)26/h1-13,19,32H,(H,27,30)(H,28,31). The molecule has 0 saturated carbocycles. The highest BCUT2D eigenvalue weighted by Crippen LogP contribution is 2.35. The lowest BCUT2D eigenvalue weighted by Gasteiger charge is -2.27. The minimum absolute atomic E-state index is 0.410. The van der Waals surface area contributed by atoms with Gasteiger partial charge in [-0.25, -0.2) is 4.79 Å². The van der Waals surface area contributed by atoms with Crippen molar-refractivity contribution in [2.75, 3.05) is 10.6 Å². The summed E-state index contributed by atoms with van der Waals surface area (Å²) in [7, 11) is 0. The van der Waals surface area contributed by atoms with Crippen LogP contribution in [-0.2, 0) is 11.0 Å². The highest BCUT2D eigenvalue weighted by Gasteiger charge is 2.35. The number of benzene rings is 3. The van der Waals surface area contributed by atoms with Crippen molar-refractivity contribution in [1.29, 1.82) is 0 Å². The fourth-order valence-electron chi connectivity index (χ4n) is 2.91. The van der Waals surface area contributed by atoms with Crippen LogP contribution < -0.4 is 10.6 Å². The average molecular weight is 480 g/mol. The smallest absolute Gasteiger partial charge is 0.324 e. The number of amides is 3. The SMILES string of the molecule is O=C(Nc1ccc(Cl)cc1)C(c1ccccc1)N(S)C(=O)Nc1ccccc1C(F)(F)F. The maximum atomic E-state index is 13.3. The quantitative estimate of drug-likeness (QED) is 0.370. The van der Waals surface area contributed by atoms with Crippen molar-refractivity contribution in [1.82, 2.24) is 4.31 Å². The number of urea groups is 1. The van der Waals surface area contributed by atoms with Gasteiger partial charge in [-0.15, -0.1) is 0 Å². The molecule has 3 rings (SSSR count). The highest BCUT2D eigenvalue weighted by atomic mass is 35.5. The number of nitrogens with one attached hydrogen (secondary N) is 2. The molecule has 0 aromatic heterocycles. The van der Waals surface area contributed by atoms with Gasteiger partial charge in [-0.1, -0.05) is 66.9 Å². The summed E-state index contributed by atoms with van der Waals surface area (Å²) in [6.07, 6.45) is -4.67. The summed E-state index contributed by atoms with van der Waals surface area (Å²) in [5.41, 5.74) is -0.635. The van der Waals surface area contributed by atoms with Gasteiger partial charge in [0.2, 0.25) is 0 Å². The molecule has 3 aromatic rings. The van der Waals surface area contributed by atoms with Gasteiger partial charge in [0.1, 0.15) is 6.04 Å². The number of halogens is 4. The van der Waals surface area contributed by atoms with E-state index in [2.05, 4.69) is 23.4 Å². The van der Waals surface area contributed by atoms with Crippen LogP contribution in [0.4, 0.5) is 29.3 Å². The van der Waals surface area contributed by atoms with Gasteiger partial charge >= 0.3 is 12.2 Å². The summed E-state index contributed by atoms with van der Waals surface area (Å²) in [4.78, 5) is 25.8. The molecule has 0 aliphatic carbocycles. The molecule has 0 bridgehead atoms. The summed E-state index contributed by atoms with van der Waals surface area (Å²) >= 11 is 10.0. The lowest BCUT2D eigenvalue weighted by Crippen LogP contribution is -2.38. The van der Waals surface area contributed by atoms with E-state index in [1.165, 1.54) is 12.1 Å². The zero-order valence-corrected chi connectivity index (χ0v) is 18.0. The third-order valence-electron chi connectivity index (χ3n) is 4.40. The van der Waals surface area contributed by atoms with Gasteiger partial charge in [0.25, 0.3) is 5.91 Å². The van der Waals surface area contributed by atoms with Crippen LogP contribution in [-0.4, -0.2) is 16.2 Å². The van der Waals surface area contributed by atoms with Crippen LogP contribution in [0.3, 0.4) is 0 Å². The summed E-state index contributed by atoms with van der Waals surface area (Å²) < 4.78 is 40.5. The molecule has 0 heterocycles. The molecule has 1 unspecified atom stereocenters. The monoisotopic (exact) mass is 479 g/mol. The Balaban J connectivity index is 1.87. The van der Waals surface area contributed by atoms with Crippen LogP contribution >= 0.6 is 24.4 Å². The van der Waals surface area contributed by atoms with Crippen molar-refractivity contribution in [3.8, 4) is 0 Å². The summed E-state index contributed by atoms with van der Waals surface area (Å²) in [6, 6.07) is 16.8. The molecule has 0 saturated heterocycles. The fraction of sp³-hybridized carbons (Fsp3) is 0.0909. The van der Waals surface area contributed by atoms with Crippen LogP contribution in [0.15, 0.2) is 78.9 Å². The Morgan fingerprint density at radius 3 is 2.09 bits per heavy atom. The fourth-order valence-corrected chi connectivity index (χ4v) is 3.33. The van der Waals surface area contributed by atoms with E-state index in [0.29, 0.717) is 16.3 Å². The van der Waals surface area contributed by atoms with E-state index in [1.807, 2.05) is 0 Å². The van der Waals surface area contributed by atoms with E-state index in [0.717, 1.165) is 16.4 Å². The predicted molar refractivity (Wildman–Crippen MR) is 121 cm³/mol. The van der Waals surface area contributed by atoms with Gasteiger partial charge in [0.15, 0.2) is 0 Å². The second-order valence-corrected chi connectivity index (χ2v) is 7.49. The zero-order chi connectivity index (χ0) is 23.3. The van der Waals surface area contributed by atoms with Gasteiger partial charge < -0.3 is 10.6 Å². The Morgan fingerprint density at radius 1 is 0.875 bits per heavy atom. The number of nitrogens with zero attached hydrogens (tertiary/aromatic N) is 1.